The molecule has 0 bridgehead atoms. The minimum Gasteiger partial charge on any atom is -0.492 e. The van der Waals surface area contributed by atoms with E-state index in [0.29, 0.717) is 44.0 Å². The van der Waals surface area contributed by atoms with E-state index in [2.05, 4.69) is 5.32 Å². The van der Waals surface area contributed by atoms with Crippen molar-refractivity contribution in [2.75, 3.05) is 18.5 Å². The summed E-state index contributed by atoms with van der Waals surface area (Å²) in [7, 11) is 0. The number of benzene rings is 3. The van der Waals surface area contributed by atoms with E-state index < -0.39 is 6.10 Å². The SMILES string of the molecule is CC[C@@H]1Oc2ccc(NC(=O)Cc3ccccc3)cc2CN(CCOc2ccccc2)C1=O. The zero-order valence-corrected chi connectivity index (χ0v) is 18.7. The van der Waals surface area contributed by atoms with Crippen LogP contribution in [0.3, 0.4) is 0 Å². The fourth-order valence-electron chi connectivity index (χ4n) is 3.81. The summed E-state index contributed by atoms with van der Waals surface area (Å²) in [6.07, 6.45) is 0.332. The van der Waals surface area contributed by atoms with Crippen LogP contribution in [0.2, 0.25) is 0 Å². The first kappa shape index (κ1) is 22.4. The molecule has 1 aliphatic heterocycles. The van der Waals surface area contributed by atoms with E-state index in [9.17, 15) is 9.59 Å². The van der Waals surface area contributed by atoms with Gasteiger partial charge < -0.3 is 19.7 Å². The summed E-state index contributed by atoms with van der Waals surface area (Å²) in [6.45, 7) is 3.15. The van der Waals surface area contributed by atoms with Gasteiger partial charge in [-0.05, 0) is 42.3 Å². The van der Waals surface area contributed by atoms with Gasteiger partial charge in [0.25, 0.3) is 5.91 Å². The monoisotopic (exact) mass is 444 g/mol. The number of ether oxygens (including phenoxy) is 2. The van der Waals surface area contributed by atoms with E-state index in [0.717, 1.165) is 16.9 Å². The standard InChI is InChI=1S/C27H28N2O4/c1-2-24-27(31)29(15-16-32-23-11-7-4-8-12-23)19-21-18-22(13-14-25(21)33-24)28-26(30)17-20-9-5-3-6-10-20/h3-14,18,24H,2,15-17,19H2,1H3,(H,28,30)/t24-/m0/s1. The number of para-hydroxylation sites is 1. The van der Waals surface area contributed by atoms with E-state index in [1.165, 1.54) is 0 Å². The van der Waals surface area contributed by atoms with E-state index in [4.69, 9.17) is 9.47 Å². The number of nitrogens with zero attached hydrogens (tertiary/aromatic N) is 1. The summed E-state index contributed by atoms with van der Waals surface area (Å²) in [4.78, 5) is 27.3. The normalized spacial score (nSPS) is 15.2. The number of anilines is 1. The van der Waals surface area contributed by atoms with Gasteiger partial charge in [-0.15, -0.1) is 0 Å². The Morgan fingerprint density at radius 1 is 1.06 bits per heavy atom. The third-order valence-electron chi connectivity index (χ3n) is 5.51. The van der Waals surface area contributed by atoms with Crippen molar-refractivity contribution < 1.29 is 19.1 Å². The van der Waals surface area contributed by atoms with Crippen LogP contribution >= 0.6 is 0 Å². The number of nitrogens with one attached hydrogen (secondary N) is 1. The molecule has 2 amide bonds. The Hall–Kier alpha value is -3.80. The Labute approximate surface area is 194 Å². The van der Waals surface area contributed by atoms with Crippen LogP contribution in [0, 0.1) is 0 Å². The largest absolute Gasteiger partial charge is 0.492 e. The molecule has 0 saturated heterocycles. The molecule has 0 spiro atoms. The smallest absolute Gasteiger partial charge is 0.264 e. The van der Waals surface area contributed by atoms with Crippen LogP contribution in [0.1, 0.15) is 24.5 Å². The van der Waals surface area contributed by atoms with Crippen LogP contribution in [0.25, 0.3) is 0 Å². The minimum atomic E-state index is -0.540. The van der Waals surface area contributed by atoms with Crippen molar-refractivity contribution in [3.05, 3.63) is 90.0 Å². The Morgan fingerprint density at radius 2 is 1.79 bits per heavy atom. The average Bonchev–Trinajstić information content (AvgIpc) is 2.96. The molecule has 6 nitrogen and oxygen atoms in total. The van der Waals surface area contributed by atoms with Gasteiger partial charge >= 0.3 is 0 Å². The van der Waals surface area contributed by atoms with Gasteiger partial charge in [0, 0.05) is 17.8 Å². The van der Waals surface area contributed by atoms with Crippen molar-refractivity contribution in [3.63, 3.8) is 0 Å². The second-order valence-electron chi connectivity index (χ2n) is 7.97. The van der Waals surface area contributed by atoms with Gasteiger partial charge in [0.05, 0.1) is 13.0 Å². The molecular weight excluding hydrogens is 416 g/mol. The average molecular weight is 445 g/mol. The number of amides is 2. The van der Waals surface area contributed by atoms with Crippen LogP contribution in [0.5, 0.6) is 11.5 Å². The second-order valence-corrected chi connectivity index (χ2v) is 7.97. The van der Waals surface area contributed by atoms with Gasteiger partial charge in [-0.1, -0.05) is 55.5 Å². The molecule has 0 saturated carbocycles. The predicted octanol–water partition coefficient (Wildman–Crippen LogP) is 4.45. The minimum absolute atomic E-state index is 0.0555. The van der Waals surface area contributed by atoms with Gasteiger partial charge in [-0.25, -0.2) is 0 Å². The topological polar surface area (TPSA) is 67.9 Å². The first-order chi connectivity index (χ1) is 16.1. The molecule has 170 valence electrons. The maximum absolute atomic E-state index is 13.0. The van der Waals surface area contributed by atoms with Crippen molar-refractivity contribution in [1.82, 2.24) is 4.90 Å². The number of carbonyl (C=O) groups excluding carboxylic acids is 2. The number of hydrogen-bond acceptors (Lipinski definition) is 4. The van der Waals surface area contributed by atoms with E-state index in [1.807, 2.05) is 85.8 Å². The van der Waals surface area contributed by atoms with Crippen LogP contribution < -0.4 is 14.8 Å². The second kappa shape index (κ2) is 10.7. The number of carbonyl (C=O) groups is 2. The molecule has 0 aliphatic carbocycles. The van der Waals surface area contributed by atoms with Crippen LogP contribution in [0.4, 0.5) is 5.69 Å². The quantitative estimate of drug-likeness (QED) is 0.558. The Balaban J connectivity index is 1.45. The van der Waals surface area contributed by atoms with E-state index >= 15 is 0 Å². The molecule has 1 aliphatic rings. The summed E-state index contributed by atoms with van der Waals surface area (Å²) in [5.41, 5.74) is 2.49. The molecule has 0 unspecified atom stereocenters. The highest BCUT2D eigenvalue weighted by Gasteiger charge is 2.30. The van der Waals surface area contributed by atoms with Gasteiger partial charge in [-0.2, -0.15) is 0 Å². The highest BCUT2D eigenvalue weighted by atomic mass is 16.5. The van der Waals surface area contributed by atoms with Crippen molar-refractivity contribution in [2.24, 2.45) is 0 Å². The van der Waals surface area contributed by atoms with Crippen LogP contribution in [-0.4, -0.2) is 36.0 Å². The maximum atomic E-state index is 13.0. The molecule has 1 heterocycles. The molecule has 3 aromatic carbocycles. The Kier molecular flexibility index (Phi) is 7.25. The predicted molar refractivity (Wildman–Crippen MR) is 127 cm³/mol. The summed E-state index contributed by atoms with van der Waals surface area (Å²) in [6, 6.07) is 24.7. The molecule has 3 aromatic rings. The number of hydrogen-bond donors (Lipinski definition) is 1. The lowest BCUT2D eigenvalue weighted by Gasteiger charge is -2.23. The summed E-state index contributed by atoms with van der Waals surface area (Å²) in [5, 5.41) is 2.95. The first-order valence-corrected chi connectivity index (χ1v) is 11.2. The molecular formula is C27H28N2O4. The van der Waals surface area contributed by atoms with Gasteiger partial charge in [0.2, 0.25) is 5.91 Å². The lowest BCUT2D eigenvalue weighted by atomic mass is 10.1. The summed E-state index contributed by atoms with van der Waals surface area (Å²) < 4.78 is 11.8. The lowest BCUT2D eigenvalue weighted by Crippen LogP contribution is -2.41. The van der Waals surface area contributed by atoms with Crippen molar-refractivity contribution in [3.8, 4) is 11.5 Å². The molecule has 33 heavy (non-hydrogen) atoms. The van der Waals surface area contributed by atoms with Crippen molar-refractivity contribution >= 4 is 17.5 Å². The van der Waals surface area contributed by atoms with E-state index in [-0.39, 0.29) is 11.8 Å². The van der Waals surface area contributed by atoms with E-state index in [1.54, 1.807) is 4.90 Å². The Bertz CT molecular complexity index is 1090. The van der Waals surface area contributed by atoms with Crippen LogP contribution in [-0.2, 0) is 22.6 Å². The molecule has 0 aromatic heterocycles. The molecule has 0 radical (unpaired) electrons. The molecule has 1 N–H and O–H groups in total. The Morgan fingerprint density at radius 3 is 2.52 bits per heavy atom. The zero-order chi connectivity index (χ0) is 23.0. The third kappa shape index (κ3) is 5.92. The molecule has 4 rings (SSSR count). The van der Waals surface area contributed by atoms with Gasteiger partial charge in [0.1, 0.15) is 18.1 Å². The number of fused-ring (bicyclic) bond motifs is 1. The molecule has 0 fully saturated rings. The van der Waals surface area contributed by atoms with Crippen molar-refractivity contribution in [2.45, 2.75) is 32.4 Å². The number of rotatable bonds is 8. The highest BCUT2D eigenvalue weighted by Crippen LogP contribution is 2.29. The van der Waals surface area contributed by atoms with Crippen LogP contribution in [0.15, 0.2) is 78.9 Å². The molecule has 6 heteroatoms. The zero-order valence-electron chi connectivity index (χ0n) is 18.7. The fourth-order valence-corrected chi connectivity index (χ4v) is 3.81. The van der Waals surface area contributed by atoms with Crippen molar-refractivity contribution in [1.29, 1.82) is 0 Å². The molecule has 1 atom stereocenters. The lowest BCUT2D eigenvalue weighted by molar-refractivity contribution is -0.138. The maximum Gasteiger partial charge on any atom is 0.264 e. The fraction of sp³-hybridized carbons (Fsp3) is 0.259. The van der Waals surface area contributed by atoms with Gasteiger partial charge in [0.15, 0.2) is 6.10 Å². The first-order valence-electron chi connectivity index (χ1n) is 11.2. The third-order valence-corrected chi connectivity index (χ3v) is 5.51. The van der Waals surface area contributed by atoms with Gasteiger partial charge in [-0.3, -0.25) is 9.59 Å². The summed E-state index contributed by atoms with van der Waals surface area (Å²) >= 11 is 0. The summed E-state index contributed by atoms with van der Waals surface area (Å²) in [5.74, 6) is 1.29. The highest BCUT2D eigenvalue weighted by molar-refractivity contribution is 5.92.